The van der Waals surface area contributed by atoms with E-state index in [9.17, 15) is 5.11 Å². The highest BCUT2D eigenvalue weighted by atomic mass is 16.3. The van der Waals surface area contributed by atoms with Gasteiger partial charge in [0.25, 0.3) is 0 Å². The molecule has 1 aliphatic rings. The largest absolute Gasteiger partial charge is 0.388 e. The van der Waals surface area contributed by atoms with Gasteiger partial charge >= 0.3 is 0 Å². The first-order valence-corrected chi connectivity index (χ1v) is 7.48. The fourth-order valence-corrected chi connectivity index (χ4v) is 2.68. The second-order valence-corrected chi connectivity index (χ2v) is 6.73. The van der Waals surface area contributed by atoms with E-state index in [-0.39, 0.29) is 11.5 Å². The smallest absolute Gasteiger partial charge is 0.0802 e. The molecular formula is C17H27NO. The van der Waals surface area contributed by atoms with Crippen molar-refractivity contribution in [2.45, 2.75) is 51.6 Å². The summed E-state index contributed by atoms with van der Waals surface area (Å²) < 4.78 is 0. The van der Waals surface area contributed by atoms with E-state index >= 15 is 0 Å². The molecule has 0 bridgehead atoms. The van der Waals surface area contributed by atoms with Crippen LogP contribution in [0.3, 0.4) is 0 Å². The molecule has 19 heavy (non-hydrogen) atoms. The Morgan fingerprint density at radius 1 is 1.11 bits per heavy atom. The molecule has 0 aliphatic carbocycles. The molecular weight excluding hydrogens is 234 g/mol. The summed E-state index contributed by atoms with van der Waals surface area (Å²) in [6, 6.07) is 8.45. The summed E-state index contributed by atoms with van der Waals surface area (Å²) in [5.41, 5.74) is 2.55. The SMILES string of the molecule is CC(C)(C)c1ccc(C(O)CCN2CCCC2)cc1. The Balaban J connectivity index is 1.89. The van der Waals surface area contributed by atoms with Crippen molar-refractivity contribution in [3.63, 3.8) is 0 Å². The standard InChI is InChI=1S/C17H27NO/c1-17(2,3)15-8-6-14(7-9-15)16(19)10-13-18-11-4-5-12-18/h6-9,16,19H,4-5,10-13H2,1-3H3. The Morgan fingerprint density at radius 3 is 2.21 bits per heavy atom. The topological polar surface area (TPSA) is 23.5 Å². The first-order valence-electron chi connectivity index (χ1n) is 7.48. The molecule has 106 valence electrons. The molecule has 1 unspecified atom stereocenters. The van der Waals surface area contributed by atoms with Crippen molar-refractivity contribution in [3.8, 4) is 0 Å². The van der Waals surface area contributed by atoms with Crippen molar-refractivity contribution in [2.24, 2.45) is 0 Å². The van der Waals surface area contributed by atoms with E-state index in [2.05, 4.69) is 49.9 Å². The summed E-state index contributed by atoms with van der Waals surface area (Å²) >= 11 is 0. The van der Waals surface area contributed by atoms with Gasteiger partial charge in [-0.15, -0.1) is 0 Å². The van der Waals surface area contributed by atoms with E-state index in [0.717, 1.165) is 18.5 Å². The minimum Gasteiger partial charge on any atom is -0.388 e. The summed E-state index contributed by atoms with van der Waals surface area (Å²) in [7, 11) is 0. The third-order valence-corrected chi connectivity index (χ3v) is 4.08. The number of aliphatic hydroxyl groups is 1. The summed E-state index contributed by atoms with van der Waals surface area (Å²) in [4.78, 5) is 2.45. The molecule has 1 atom stereocenters. The number of hydrogen-bond donors (Lipinski definition) is 1. The van der Waals surface area contributed by atoms with Crippen LogP contribution in [0, 0.1) is 0 Å². The number of hydrogen-bond acceptors (Lipinski definition) is 2. The minimum absolute atomic E-state index is 0.180. The molecule has 2 rings (SSSR count). The molecule has 0 amide bonds. The third kappa shape index (κ3) is 4.05. The van der Waals surface area contributed by atoms with Gasteiger partial charge in [-0.1, -0.05) is 45.0 Å². The van der Waals surface area contributed by atoms with Gasteiger partial charge in [0.2, 0.25) is 0 Å². The maximum atomic E-state index is 10.2. The molecule has 1 heterocycles. The first-order chi connectivity index (χ1) is 8.97. The first kappa shape index (κ1) is 14.5. The Kier molecular flexibility index (Phi) is 4.64. The van der Waals surface area contributed by atoms with Crippen molar-refractivity contribution >= 4 is 0 Å². The molecule has 0 spiro atoms. The van der Waals surface area contributed by atoms with Gasteiger partial charge in [-0.3, -0.25) is 0 Å². The molecule has 2 heteroatoms. The van der Waals surface area contributed by atoms with Crippen LogP contribution in [0.2, 0.25) is 0 Å². The van der Waals surface area contributed by atoms with Crippen molar-refractivity contribution in [1.29, 1.82) is 0 Å². The van der Waals surface area contributed by atoms with Crippen molar-refractivity contribution < 1.29 is 5.11 Å². The van der Waals surface area contributed by atoms with Gasteiger partial charge in [0, 0.05) is 6.54 Å². The molecule has 1 aromatic carbocycles. The highest BCUT2D eigenvalue weighted by Crippen LogP contribution is 2.25. The van der Waals surface area contributed by atoms with Crippen LogP contribution in [0.15, 0.2) is 24.3 Å². The Morgan fingerprint density at radius 2 is 1.68 bits per heavy atom. The van der Waals surface area contributed by atoms with E-state index in [1.165, 1.54) is 31.5 Å². The zero-order valence-corrected chi connectivity index (χ0v) is 12.5. The molecule has 1 N–H and O–H groups in total. The molecule has 2 nitrogen and oxygen atoms in total. The van der Waals surface area contributed by atoms with Gasteiger partial charge < -0.3 is 10.0 Å². The predicted octanol–water partition coefficient (Wildman–Crippen LogP) is 3.50. The number of nitrogens with zero attached hydrogens (tertiary/aromatic N) is 1. The third-order valence-electron chi connectivity index (χ3n) is 4.08. The number of likely N-dealkylation sites (tertiary alicyclic amines) is 1. The lowest BCUT2D eigenvalue weighted by molar-refractivity contribution is 0.149. The summed E-state index contributed by atoms with van der Waals surface area (Å²) in [6.45, 7) is 10.1. The molecule has 1 aliphatic heterocycles. The maximum Gasteiger partial charge on any atom is 0.0802 e. The average molecular weight is 261 g/mol. The number of benzene rings is 1. The lowest BCUT2D eigenvalue weighted by Gasteiger charge is -2.21. The Hall–Kier alpha value is -0.860. The summed E-state index contributed by atoms with van der Waals surface area (Å²) in [5.74, 6) is 0. The van der Waals surface area contributed by atoms with Crippen LogP contribution in [0.1, 0.15) is 57.3 Å². The molecule has 1 fully saturated rings. The van der Waals surface area contributed by atoms with E-state index in [4.69, 9.17) is 0 Å². The lowest BCUT2D eigenvalue weighted by atomic mass is 9.86. The van der Waals surface area contributed by atoms with E-state index < -0.39 is 0 Å². The summed E-state index contributed by atoms with van der Waals surface area (Å²) in [6.07, 6.45) is 3.15. The second kappa shape index (κ2) is 6.06. The Labute approximate surface area is 117 Å². The van der Waals surface area contributed by atoms with Gasteiger partial charge in [0.15, 0.2) is 0 Å². The van der Waals surface area contributed by atoms with Crippen LogP contribution in [0.4, 0.5) is 0 Å². The minimum atomic E-state index is -0.324. The molecule has 1 saturated heterocycles. The van der Waals surface area contributed by atoms with E-state index in [1.807, 2.05) is 0 Å². The zero-order chi connectivity index (χ0) is 13.9. The predicted molar refractivity (Wildman–Crippen MR) is 80.4 cm³/mol. The zero-order valence-electron chi connectivity index (χ0n) is 12.5. The van der Waals surface area contributed by atoms with E-state index in [1.54, 1.807) is 0 Å². The van der Waals surface area contributed by atoms with Crippen LogP contribution in [0.25, 0.3) is 0 Å². The number of aliphatic hydroxyl groups excluding tert-OH is 1. The van der Waals surface area contributed by atoms with Crippen LogP contribution >= 0.6 is 0 Å². The van der Waals surface area contributed by atoms with Crippen LogP contribution < -0.4 is 0 Å². The van der Waals surface area contributed by atoms with Crippen molar-refractivity contribution in [2.75, 3.05) is 19.6 Å². The lowest BCUT2D eigenvalue weighted by Crippen LogP contribution is -2.22. The van der Waals surface area contributed by atoms with Crippen LogP contribution in [-0.4, -0.2) is 29.6 Å². The maximum absolute atomic E-state index is 10.2. The van der Waals surface area contributed by atoms with Gasteiger partial charge in [-0.05, 0) is 48.9 Å². The quantitative estimate of drug-likeness (QED) is 0.896. The molecule has 0 aromatic heterocycles. The van der Waals surface area contributed by atoms with Crippen LogP contribution in [-0.2, 0) is 5.41 Å². The molecule has 1 aromatic rings. The number of rotatable bonds is 4. The van der Waals surface area contributed by atoms with Gasteiger partial charge in [-0.25, -0.2) is 0 Å². The molecule has 0 radical (unpaired) electrons. The fourth-order valence-electron chi connectivity index (χ4n) is 2.68. The monoisotopic (exact) mass is 261 g/mol. The summed E-state index contributed by atoms with van der Waals surface area (Å²) in [5, 5.41) is 10.2. The van der Waals surface area contributed by atoms with E-state index in [0.29, 0.717) is 0 Å². The highest BCUT2D eigenvalue weighted by molar-refractivity contribution is 5.28. The second-order valence-electron chi connectivity index (χ2n) is 6.73. The van der Waals surface area contributed by atoms with Gasteiger partial charge in [0.05, 0.1) is 6.10 Å². The van der Waals surface area contributed by atoms with Crippen LogP contribution in [0.5, 0.6) is 0 Å². The fraction of sp³-hybridized carbons (Fsp3) is 0.647. The normalized spacial score (nSPS) is 18.7. The highest BCUT2D eigenvalue weighted by Gasteiger charge is 2.16. The van der Waals surface area contributed by atoms with Gasteiger partial charge in [-0.2, -0.15) is 0 Å². The average Bonchev–Trinajstić information content (AvgIpc) is 2.88. The Bertz CT molecular complexity index is 385. The van der Waals surface area contributed by atoms with Gasteiger partial charge in [0.1, 0.15) is 0 Å². The molecule has 0 saturated carbocycles. The van der Waals surface area contributed by atoms with Crippen molar-refractivity contribution in [3.05, 3.63) is 35.4 Å². The van der Waals surface area contributed by atoms with Crippen molar-refractivity contribution in [1.82, 2.24) is 4.90 Å².